The maximum atomic E-state index is 12.3. The van der Waals surface area contributed by atoms with E-state index in [9.17, 15) is 13.2 Å². The largest absolute Gasteiger partial charge is 0.497 e. The van der Waals surface area contributed by atoms with Crippen LogP contribution in [0.1, 0.15) is 16.7 Å². The van der Waals surface area contributed by atoms with Crippen molar-refractivity contribution in [2.75, 3.05) is 31.3 Å². The van der Waals surface area contributed by atoms with Crippen molar-refractivity contribution in [1.82, 2.24) is 5.43 Å². The smallest absolute Gasteiger partial charge is 0.260 e. The van der Waals surface area contributed by atoms with Gasteiger partial charge in [-0.2, -0.15) is 5.10 Å². The van der Waals surface area contributed by atoms with E-state index in [1.165, 1.54) is 20.4 Å². The summed E-state index contributed by atoms with van der Waals surface area (Å²) >= 11 is 0. The van der Waals surface area contributed by atoms with Crippen LogP contribution in [0.15, 0.2) is 41.5 Å². The van der Waals surface area contributed by atoms with Crippen molar-refractivity contribution in [3.05, 3.63) is 53.1 Å². The summed E-state index contributed by atoms with van der Waals surface area (Å²) < 4.78 is 35.9. The van der Waals surface area contributed by atoms with Crippen LogP contribution in [0.25, 0.3) is 0 Å². The predicted molar refractivity (Wildman–Crippen MR) is 113 cm³/mol. The Morgan fingerprint density at radius 1 is 1.10 bits per heavy atom. The first-order valence-electron chi connectivity index (χ1n) is 8.74. The number of nitrogens with zero attached hydrogens (tertiary/aromatic N) is 2. The number of benzene rings is 2. The van der Waals surface area contributed by atoms with Crippen molar-refractivity contribution >= 4 is 27.8 Å². The van der Waals surface area contributed by atoms with E-state index in [4.69, 9.17) is 9.47 Å². The highest BCUT2D eigenvalue weighted by molar-refractivity contribution is 7.92. The zero-order valence-corrected chi connectivity index (χ0v) is 17.9. The summed E-state index contributed by atoms with van der Waals surface area (Å²) in [5.41, 5.74) is 5.18. The van der Waals surface area contributed by atoms with Crippen LogP contribution in [0.3, 0.4) is 0 Å². The minimum atomic E-state index is -3.66. The molecule has 0 fully saturated rings. The number of hydrazone groups is 1. The van der Waals surface area contributed by atoms with E-state index in [1.54, 1.807) is 30.3 Å². The Morgan fingerprint density at radius 3 is 2.31 bits per heavy atom. The highest BCUT2D eigenvalue weighted by atomic mass is 32.2. The Bertz CT molecular complexity index is 999. The molecule has 9 heteroatoms. The van der Waals surface area contributed by atoms with E-state index in [1.807, 2.05) is 19.9 Å². The molecule has 2 rings (SSSR count). The molecule has 0 spiro atoms. The SMILES string of the molecule is COc1ccc(OC)c(/C=N\NC(=O)CN(c2cc(C)cc(C)c2)S(C)(=O)=O)c1. The summed E-state index contributed by atoms with van der Waals surface area (Å²) in [5.74, 6) is 0.584. The first-order chi connectivity index (χ1) is 13.6. The van der Waals surface area contributed by atoms with Crippen LogP contribution in [0.5, 0.6) is 11.5 Å². The lowest BCUT2D eigenvalue weighted by Gasteiger charge is -2.22. The number of ether oxygens (including phenoxy) is 2. The second kappa shape index (κ2) is 9.42. The standard InChI is InChI=1S/C20H25N3O5S/c1-14-8-15(2)10-17(9-14)23(29(5,25)26)13-20(24)22-21-12-16-11-18(27-3)6-7-19(16)28-4/h6-12H,13H2,1-5H3,(H,22,24)/b21-12-. The van der Waals surface area contributed by atoms with Gasteiger partial charge in [0.15, 0.2) is 0 Å². The summed E-state index contributed by atoms with van der Waals surface area (Å²) in [5, 5.41) is 3.91. The highest BCUT2D eigenvalue weighted by Crippen LogP contribution is 2.22. The van der Waals surface area contributed by atoms with Crippen LogP contribution in [-0.4, -0.2) is 47.6 Å². The normalized spacial score (nSPS) is 11.3. The molecule has 156 valence electrons. The molecule has 1 amide bonds. The molecule has 1 N–H and O–H groups in total. The Hall–Kier alpha value is -3.07. The van der Waals surface area contributed by atoms with E-state index in [2.05, 4.69) is 10.5 Å². The van der Waals surface area contributed by atoms with Crippen molar-refractivity contribution in [3.8, 4) is 11.5 Å². The van der Waals surface area contributed by atoms with Gasteiger partial charge >= 0.3 is 0 Å². The molecule has 2 aromatic carbocycles. The minimum absolute atomic E-state index is 0.395. The predicted octanol–water partition coefficient (Wildman–Crippen LogP) is 2.24. The van der Waals surface area contributed by atoms with Crippen LogP contribution < -0.4 is 19.2 Å². The maximum Gasteiger partial charge on any atom is 0.260 e. The molecular formula is C20H25N3O5S. The Balaban J connectivity index is 2.16. The number of hydrogen-bond acceptors (Lipinski definition) is 6. The number of amides is 1. The second-order valence-electron chi connectivity index (χ2n) is 6.52. The number of nitrogens with one attached hydrogen (secondary N) is 1. The summed E-state index contributed by atoms with van der Waals surface area (Å²) in [7, 11) is -0.601. The van der Waals surface area contributed by atoms with Gasteiger partial charge in [0, 0.05) is 5.56 Å². The van der Waals surface area contributed by atoms with Gasteiger partial charge in [-0.15, -0.1) is 0 Å². The second-order valence-corrected chi connectivity index (χ2v) is 8.42. The van der Waals surface area contributed by atoms with Gasteiger partial charge in [-0.05, 0) is 55.3 Å². The molecule has 0 aliphatic carbocycles. The quantitative estimate of drug-likeness (QED) is 0.523. The van der Waals surface area contributed by atoms with Crippen LogP contribution in [0.4, 0.5) is 5.69 Å². The van der Waals surface area contributed by atoms with Gasteiger partial charge in [-0.25, -0.2) is 13.8 Å². The fraction of sp³-hybridized carbons (Fsp3) is 0.300. The zero-order chi connectivity index (χ0) is 21.6. The number of sulfonamides is 1. The third-order valence-corrected chi connectivity index (χ3v) is 5.15. The Kier molecular flexibility index (Phi) is 7.22. The lowest BCUT2D eigenvalue weighted by atomic mass is 10.1. The molecule has 0 unspecified atom stereocenters. The molecule has 0 saturated heterocycles. The number of carbonyl (C=O) groups is 1. The van der Waals surface area contributed by atoms with Crippen molar-refractivity contribution in [2.24, 2.45) is 5.10 Å². The summed E-state index contributed by atoms with van der Waals surface area (Å²) in [6.45, 7) is 3.33. The molecule has 0 radical (unpaired) electrons. The molecule has 29 heavy (non-hydrogen) atoms. The Morgan fingerprint density at radius 2 is 1.76 bits per heavy atom. The topological polar surface area (TPSA) is 97.3 Å². The molecule has 0 saturated carbocycles. The van der Waals surface area contributed by atoms with E-state index in [0.717, 1.165) is 21.7 Å². The molecule has 0 atom stereocenters. The maximum absolute atomic E-state index is 12.3. The fourth-order valence-electron chi connectivity index (χ4n) is 2.77. The molecular weight excluding hydrogens is 394 g/mol. The summed E-state index contributed by atoms with van der Waals surface area (Å²) in [6.07, 6.45) is 2.46. The number of anilines is 1. The summed E-state index contributed by atoms with van der Waals surface area (Å²) in [4.78, 5) is 12.3. The van der Waals surface area contributed by atoms with E-state index < -0.39 is 22.5 Å². The number of hydrogen-bond donors (Lipinski definition) is 1. The lowest BCUT2D eigenvalue weighted by molar-refractivity contribution is -0.119. The average Bonchev–Trinajstić information content (AvgIpc) is 2.64. The minimum Gasteiger partial charge on any atom is -0.497 e. The van der Waals surface area contributed by atoms with Crippen LogP contribution in [0, 0.1) is 13.8 Å². The third-order valence-electron chi connectivity index (χ3n) is 4.01. The molecule has 0 heterocycles. The van der Waals surface area contributed by atoms with Gasteiger partial charge in [-0.3, -0.25) is 9.10 Å². The van der Waals surface area contributed by atoms with Crippen molar-refractivity contribution in [3.63, 3.8) is 0 Å². The number of carbonyl (C=O) groups excluding carboxylic acids is 1. The first-order valence-corrected chi connectivity index (χ1v) is 10.6. The third kappa shape index (κ3) is 6.21. The molecule has 0 aliphatic rings. The van der Waals surface area contributed by atoms with Crippen molar-refractivity contribution < 1.29 is 22.7 Å². The van der Waals surface area contributed by atoms with E-state index in [0.29, 0.717) is 22.7 Å². The Labute approximate surface area is 171 Å². The zero-order valence-electron chi connectivity index (χ0n) is 17.1. The van der Waals surface area contributed by atoms with Gasteiger partial charge < -0.3 is 9.47 Å². The summed E-state index contributed by atoms with van der Waals surface area (Å²) in [6, 6.07) is 10.5. The molecule has 0 aromatic heterocycles. The monoisotopic (exact) mass is 419 g/mol. The van der Waals surface area contributed by atoms with Crippen molar-refractivity contribution in [2.45, 2.75) is 13.8 Å². The highest BCUT2D eigenvalue weighted by Gasteiger charge is 2.21. The van der Waals surface area contributed by atoms with Gasteiger partial charge in [0.1, 0.15) is 18.0 Å². The van der Waals surface area contributed by atoms with Crippen LogP contribution >= 0.6 is 0 Å². The van der Waals surface area contributed by atoms with E-state index >= 15 is 0 Å². The molecule has 2 aromatic rings. The fourth-order valence-corrected chi connectivity index (χ4v) is 3.61. The lowest BCUT2D eigenvalue weighted by Crippen LogP contribution is -2.39. The van der Waals surface area contributed by atoms with Crippen molar-refractivity contribution in [1.29, 1.82) is 0 Å². The molecule has 8 nitrogen and oxygen atoms in total. The van der Waals surface area contributed by atoms with Crippen LogP contribution in [-0.2, 0) is 14.8 Å². The van der Waals surface area contributed by atoms with Gasteiger partial charge in [0.25, 0.3) is 5.91 Å². The van der Waals surface area contributed by atoms with Gasteiger partial charge in [-0.1, -0.05) is 6.07 Å². The molecule has 0 bridgehead atoms. The number of aryl methyl sites for hydroxylation is 2. The van der Waals surface area contributed by atoms with Gasteiger partial charge in [0.05, 0.1) is 32.4 Å². The molecule has 0 aliphatic heterocycles. The number of rotatable bonds is 8. The van der Waals surface area contributed by atoms with Crippen LogP contribution in [0.2, 0.25) is 0 Å². The van der Waals surface area contributed by atoms with Gasteiger partial charge in [0.2, 0.25) is 10.0 Å². The number of methoxy groups -OCH3 is 2. The average molecular weight is 420 g/mol. The first kappa shape index (κ1) is 22.2. The van der Waals surface area contributed by atoms with E-state index in [-0.39, 0.29) is 0 Å².